The number of nitrogens with zero attached hydrogens (tertiary/aromatic N) is 4. The van der Waals surface area contributed by atoms with Crippen LogP contribution >= 0.6 is 0 Å². The van der Waals surface area contributed by atoms with E-state index >= 15 is 0 Å². The molecule has 2 N–H and O–H groups in total. The van der Waals surface area contributed by atoms with Gasteiger partial charge < -0.3 is 25.2 Å². The van der Waals surface area contributed by atoms with Gasteiger partial charge in [-0.05, 0) is 37.2 Å². The van der Waals surface area contributed by atoms with Crippen LogP contribution in [0.25, 0.3) is 0 Å². The number of hydrogen-bond acceptors (Lipinski definition) is 6. The second-order valence-electron chi connectivity index (χ2n) is 14.8. The van der Waals surface area contributed by atoms with Crippen LogP contribution in [0.15, 0.2) is 42.7 Å². The molecule has 1 aromatic heterocycles. The minimum atomic E-state index is -4.42. The van der Waals surface area contributed by atoms with Crippen LogP contribution in [0.2, 0.25) is 0 Å². The number of likely N-dealkylation sites (tertiary alicyclic amines) is 2. The Morgan fingerprint density at radius 1 is 1.04 bits per heavy atom. The standard InChI is InChI=1S/C34H43F3N6O5/c1-21(48-20-33(10-11-33)34(35,36)37)26(28(45)38-4)40-27(44)25-16-41(17-32(25)18-42(19-32)30(47)24-12-31(24,2)3)29(46)23-13-39-43(15-23)14-22-8-6-5-7-9-22/h5-9,13,15,21,24-26H,10-12,14,16-20H2,1-4H3,(H,38,45)(H,40,44)/t21-,24-,25-,26+/m1/s1. The van der Waals surface area contributed by atoms with E-state index in [-0.39, 0.29) is 62.2 Å². The lowest BCUT2D eigenvalue weighted by Gasteiger charge is -2.50. The molecule has 4 atom stereocenters. The molecule has 0 unspecified atom stereocenters. The predicted molar refractivity (Wildman–Crippen MR) is 167 cm³/mol. The molecule has 0 bridgehead atoms. The highest BCUT2D eigenvalue weighted by molar-refractivity contribution is 5.95. The van der Waals surface area contributed by atoms with Crippen molar-refractivity contribution in [2.75, 3.05) is 39.8 Å². The largest absolute Gasteiger partial charge is 0.396 e. The number of aromatic nitrogens is 2. The summed E-state index contributed by atoms with van der Waals surface area (Å²) in [6, 6.07) is 8.41. The van der Waals surface area contributed by atoms with Crippen LogP contribution in [0.3, 0.4) is 0 Å². The number of carbonyl (C=O) groups is 4. The van der Waals surface area contributed by atoms with Crippen molar-refractivity contribution in [2.24, 2.45) is 28.1 Å². The number of likely N-dealkylation sites (N-methyl/N-ethyl adjacent to an activating group) is 1. The third-order valence-electron chi connectivity index (χ3n) is 10.8. The van der Waals surface area contributed by atoms with Gasteiger partial charge in [-0.2, -0.15) is 18.3 Å². The molecule has 4 amide bonds. The van der Waals surface area contributed by atoms with Gasteiger partial charge in [-0.1, -0.05) is 44.2 Å². The van der Waals surface area contributed by atoms with Crippen LogP contribution in [0.4, 0.5) is 13.2 Å². The molecule has 1 spiro atoms. The van der Waals surface area contributed by atoms with Crippen molar-refractivity contribution >= 4 is 23.6 Å². The Kier molecular flexibility index (Phi) is 8.62. The van der Waals surface area contributed by atoms with Crippen LogP contribution in [0, 0.1) is 28.1 Å². The molecule has 2 aromatic rings. The van der Waals surface area contributed by atoms with Gasteiger partial charge in [0, 0.05) is 50.8 Å². The molecule has 2 aliphatic heterocycles. The highest BCUT2D eigenvalue weighted by atomic mass is 19.4. The van der Waals surface area contributed by atoms with E-state index < -0.39 is 53.5 Å². The molecule has 48 heavy (non-hydrogen) atoms. The number of carbonyl (C=O) groups excluding carboxylic acids is 4. The Morgan fingerprint density at radius 3 is 2.27 bits per heavy atom. The van der Waals surface area contributed by atoms with Crippen LogP contribution in [0.1, 0.15) is 56.0 Å². The van der Waals surface area contributed by atoms with Gasteiger partial charge in [-0.3, -0.25) is 23.9 Å². The molecule has 3 heterocycles. The Bertz CT molecular complexity index is 1570. The summed E-state index contributed by atoms with van der Waals surface area (Å²) in [4.78, 5) is 57.2. The third-order valence-corrected chi connectivity index (χ3v) is 10.8. The van der Waals surface area contributed by atoms with E-state index in [0.717, 1.165) is 12.0 Å². The van der Waals surface area contributed by atoms with Gasteiger partial charge in [-0.15, -0.1) is 0 Å². The fraction of sp³-hybridized carbons (Fsp3) is 0.618. The van der Waals surface area contributed by atoms with E-state index in [1.54, 1.807) is 20.7 Å². The first-order valence-corrected chi connectivity index (χ1v) is 16.4. The molecule has 0 radical (unpaired) electrons. The average molecular weight is 673 g/mol. The summed E-state index contributed by atoms with van der Waals surface area (Å²) in [5.41, 5.74) is -1.37. The summed E-state index contributed by atoms with van der Waals surface area (Å²) in [6.07, 6.45) is -1.64. The molecular weight excluding hydrogens is 629 g/mol. The smallest absolute Gasteiger partial charge is 0.375 e. The fourth-order valence-electron chi connectivity index (χ4n) is 7.15. The SMILES string of the molecule is CNC(=O)[C@@H](NC(=O)[C@H]1CN(C(=O)c2cnn(Cc3ccccc3)c2)CC12CN(C(=O)[C@H]1CC1(C)C)C2)[C@@H](C)OCC1(C(F)(F)F)CC1. The average Bonchev–Trinajstić information content (AvgIpc) is 3.83. The van der Waals surface area contributed by atoms with Crippen molar-refractivity contribution in [2.45, 2.75) is 64.9 Å². The quantitative estimate of drug-likeness (QED) is 0.379. The summed E-state index contributed by atoms with van der Waals surface area (Å²) < 4.78 is 47.8. The molecule has 14 heteroatoms. The van der Waals surface area contributed by atoms with Crippen LogP contribution in [-0.2, 0) is 25.7 Å². The molecule has 11 nitrogen and oxygen atoms in total. The van der Waals surface area contributed by atoms with E-state index in [2.05, 4.69) is 15.7 Å². The lowest BCUT2D eigenvalue weighted by atomic mass is 9.70. The number of ether oxygens (including phenoxy) is 1. The van der Waals surface area contributed by atoms with E-state index in [0.29, 0.717) is 12.1 Å². The minimum Gasteiger partial charge on any atom is -0.375 e. The maximum absolute atomic E-state index is 14.0. The Hall–Kier alpha value is -3.94. The monoisotopic (exact) mass is 672 g/mol. The highest BCUT2D eigenvalue weighted by Gasteiger charge is 2.64. The summed E-state index contributed by atoms with van der Waals surface area (Å²) >= 11 is 0. The summed E-state index contributed by atoms with van der Waals surface area (Å²) in [6.45, 7) is 6.22. The van der Waals surface area contributed by atoms with Crippen LogP contribution in [0.5, 0.6) is 0 Å². The Balaban J connectivity index is 1.17. The van der Waals surface area contributed by atoms with Crippen molar-refractivity contribution in [1.82, 2.24) is 30.2 Å². The van der Waals surface area contributed by atoms with Crippen molar-refractivity contribution < 1.29 is 37.1 Å². The molecule has 2 saturated heterocycles. The van der Waals surface area contributed by atoms with Crippen LogP contribution in [-0.4, -0.2) is 101 Å². The number of hydrogen-bond donors (Lipinski definition) is 2. The van der Waals surface area contributed by atoms with E-state index in [4.69, 9.17) is 4.74 Å². The first-order valence-electron chi connectivity index (χ1n) is 16.4. The topological polar surface area (TPSA) is 126 Å². The summed E-state index contributed by atoms with van der Waals surface area (Å²) in [5.74, 6) is -2.27. The van der Waals surface area contributed by atoms with Gasteiger partial charge in [0.1, 0.15) is 6.04 Å². The number of halogens is 3. The van der Waals surface area contributed by atoms with Gasteiger partial charge >= 0.3 is 6.18 Å². The summed E-state index contributed by atoms with van der Waals surface area (Å²) in [5, 5.41) is 9.56. The van der Waals surface area contributed by atoms with E-state index in [1.165, 1.54) is 20.2 Å². The third kappa shape index (κ3) is 6.42. The molecule has 4 aliphatic rings. The maximum Gasteiger partial charge on any atom is 0.396 e. The van der Waals surface area contributed by atoms with Crippen molar-refractivity contribution in [3.05, 3.63) is 53.9 Å². The second kappa shape index (κ2) is 12.2. The zero-order chi connectivity index (χ0) is 34.6. The maximum atomic E-state index is 14.0. The molecule has 6 rings (SSSR count). The normalized spacial score (nSPS) is 24.4. The zero-order valence-corrected chi connectivity index (χ0v) is 27.7. The fourth-order valence-corrected chi connectivity index (χ4v) is 7.15. The number of benzene rings is 1. The first-order chi connectivity index (χ1) is 22.6. The number of rotatable bonds is 11. The van der Waals surface area contributed by atoms with Crippen LogP contribution < -0.4 is 10.6 Å². The molecule has 260 valence electrons. The highest BCUT2D eigenvalue weighted by Crippen LogP contribution is 2.58. The molecule has 2 saturated carbocycles. The van der Waals surface area contributed by atoms with Gasteiger partial charge in [-0.25, -0.2) is 0 Å². The van der Waals surface area contributed by atoms with Crippen molar-refractivity contribution in [1.29, 1.82) is 0 Å². The Labute approximate surface area is 277 Å². The lowest BCUT2D eigenvalue weighted by molar-refractivity contribution is -0.206. The van der Waals surface area contributed by atoms with Crippen molar-refractivity contribution in [3.63, 3.8) is 0 Å². The summed E-state index contributed by atoms with van der Waals surface area (Å²) in [7, 11) is 1.37. The van der Waals surface area contributed by atoms with E-state index in [1.807, 2.05) is 44.2 Å². The number of nitrogens with one attached hydrogen (secondary N) is 2. The lowest BCUT2D eigenvalue weighted by Crippen LogP contribution is -2.65. The minimum absolute atomic E-state index is 0.0284. The second-order valence-corrected chi connectivity index (χ2v) is 14.8. The van der Waals surface area contributed by atoms with Gasteiger partial charge in [0.15, 0.2) is 0 Å². The van der Waals surface area contributed by atoms with Crippen molar-refractivity contribution in [3.8, 4) is 0 Å². The van der Waals surface area contributed by atoms with E-state index in [9.17, 15) is 32.3 Å². The predicted octanol–water partition coefficient (Wildman–Crippen LogP) is 2.86. The zero-order valence-electron chi connectivity index (χ0n) is 27.7. The van der Waals surface area contributed by atoms with Gasteiger partial charge in [0.25, 0.3) is 5.91 Å². The molecule has 2 aliphatic carbocycles. The van der Waals surface area contributed by atoms with Gasteiger partial charge in [0.05, 0.1) is 42.3 Å². The first kappa shape index (κ1) is 33.9. The molecule has 1 aromatic carbocycles. The Morgan fingerprint density at radius 2 is 1.69 bits per heavy atom. The molecular formula is C34H43F3N6O5. The van der Waals surface area contributed by atoms with Gasteiger partial charge in [0.2, 0.25) is 17.7 Å². The number of amides is 4. The number of alkyl halides is 3. The molecule has 4 fully saturated rings.